The molecule has 2 rings (SSSR count). The number of nitro benzene ring substituents is 1. The van der Waals surface area contributed by atoms with E-state index >= 15 is 0 Å². The van der Waals surface area contributed by atoms with Gasteiger partial charge in [-0.15, -0.1) is 0 Å². The van der Waals surface area contributed by atoms with Crippen molar-refractivity contribution in [2.24, 2.45) is 0 Å². The highest BCUT2D eigenvalue weighted by atomic mass is 19.3. The minimum atomic E-state index is -2.86. The third-order valence-electron chi connectivity index (χ3n) is 3.06. The summed E-state index contributed by atoms with van der Waals surface area (Å²) < 4.78 is 33.5. The standard InChI is InChI=1S/C17H13F2NO4/c1-23-16-11-14(20(21)22)8-7-13(16)4-2-3-12-5-9-15(10-6-12)24-17(18)19/h5-11,17H,3H2,1H3. The summed E-state index contributed by atoms with van der Waals surface area (Å²) in [6.45, 7) is -2.86. The Morgan fingerprint density at radius 3 is 2.50 bits per heavy atom. The highest BCUT2D eigenvalue weighted by Crippen LogP contribution is 2.23. The fraction of sp³-hybridized carbons (Fsp3) is 0.176. The van der Waals surface area contributed by atoms with Crippen molar-refractivity contribution in [2.45, 2.75) is 13.0 Å². The first-order valence-electron chi connectivity index (χ1n) is 6.84. The number of hydrogen-bond donors (Lipinski definition) is 0. The third-order valence-corrected chi connectivity index (χ3v) is 3.06. The zero-order valence-electron chi connectivity index (χ0n) is 12.7. The number of benzene rings is 2. The highest BCUT2D eigenvalue weighted by Gasteiger charge is 2.09. The van der Waals surface area contributed by atoms with Gasteiger partial charge < -0.3 is 9.47 Å². The first-order valence-corrected chi connectivity index (χ1v) is 6.84. The maximum atomic E-state index is 12.1. The zero-order valence-corrected chi connectivity index (χ0v) is 12.7. The van der Waals surface area contributed by atoms with Gasteiger partial charge in [0.2, 0.25) is 0 Å². The van der Waals surface area contributed by atoms with Crippen molar-refractivity contribution in [3.63, 3.8) is 0 Å². The molecule has 0 N–H and O–H groups in total. The van der Waals surface area contributed by atoms with Crippen molar-refractivity contribution in [1.82, 2.24) is 0 Å². The highest BCUT2D eigenvalue weighted by molar-refractivity contribution is 5.52. The van der Waals surface area contributed by atoms with Crippen LogP contribution in [0.3, 0.4) is 0 Å². The Labute approximate surface area is 137 Å². The van der Waals surface area contributed by atoms with Gasteiger partial charge >= 0.3 is 6.61 Å². The van der Waals surface area contributed by atoms with E-state index in [4.69, 9.17) is 4.74 Å². The molecule has 0 unspecified atom stereocenters. The second kappa shape index (κ2) is 7.92. The van der Waals surface area contributed by atoms with Gasteiger partial charge in [0.1, 0.15) is 11.5 Å². The van der Waals surface area contributed by atoms with E-state index in [1.165, 1.54) is 37.4 Å². The lowest BCUT2D eigenvalue weighted by Gasteiger charge is -2.04. The van der Waals surface area contributed by atoms with Crippen LogP contribution in [0, 0.1) is 22.0 Å². The minimum Gasteiger partial charge on any atom is -0.495 e. The van der Waals surface area contributed by atoms with Crippen LogP contribution in [0.4, 0.5) is 14.5 Å². The molecule has 0 spiro atoms. The lowest BCUT2D eigenvalue weighted by molar-refractivity contribution is -0.384. The lowest BCUT2D eigenvalue weighted by Crippen LogP contribution is -2.01. The number of halogens is 2. The molecule has 0 heterocycles. The number of alkyl halides is 2. The monoisotopic (exact) mass is 333 g/mol. The lowest BCUT2D eigenvalue weighted by atomic mass is 10.1. The maximum Gasteiger partial charge on any atom is 0.387 e. The Kier molecular flexibility index (Phi) is 5.68. The normalized spacial score (nSPS) is 10.0. The van der Waals surface area contributed by atoms with Crippen LogP contribution < -0.4 is 9.47 Å². The van der Waals surface area contributed by atoms with E-state index in [1.807, 2.05) is 0 Å². The molecule has 0 saturated carbocycles. The molecule has 124 valence electrons. The molecule has 0 amide bonds. The fourth-order valence-corrected chi connectivity index (χ4v) is 1.93. The Hall–Kier alpha value is -3.14. The third kappa shape index (κ3) is 4.68. The van der Waals surface area contributed by atoms with Gasteiger partial charge in [-0.1, -0.05) is 24.0 Å². The SMILES string of the molecule is COc1cc([N+](=O)[O-])ccc1C#CCc1ccc(OC(F)F)cc1. The molecule has 24 heavy (non-hydrogen) atoms. The van der Waals surface area contributed by atoms with E-state index in [2.05, 4.69) is 16.6 Å². The first kappa shape index (κ1) is 17.2. The number of hydrogen-bond acceptors (Lipinski definition) is 4. The summed E-state index contributed by atoms with van der Waals surface area (Å²) in [5.74, 6) is 6.19. The van der Waals surface area contributed by atoms with Crippen molar-refractivity contribution in [2.75, 3.05) is 7.11 Å². The van der Waals surface area contributed by atoms with Crippen LogP contribution in [-0.4, -0.2) is 18.6 Å². The van der Waals surface area contributed by atoms with Gasteiger partial charge in [0.25, 0.3) is 5.69 Å². The van der Waals surface area contributed by atoms with E-state index in [-0.39, 0.29) is 11.4 Å². The predicted octanol–water partition coefficient (Wildman–Crippen LogP) is 3.80. The summed E-state index contributed by atoms with van der Waals surface area (Å²) in [6, 6.07) is 10.3. The molecule has 0 bridgehead atoms. The zero-order chi connectivity index (χ0) is 17.5. The van der Waals surface area contributed by atoms with Crippen LogP contribution in [-0.2, 0) is 6.42 Å². The molecule has 0 aliphatic rings. The molecular formula is C17H13F2NO4. The molecule has 2 aromatic carbocycles. The molecule has 0 aromatic heterocycles. The predicted molar refractivity (Wildman–Crippen MR) is 83.3 cm³/mol. The summed E-state index contributed by atoms with van der Waals surface area (Å²) in [7, 11) is 1.41. The largest absolute Gasteiger partial charge is 0.495 e. The van der Waals surface area contributed by atoms with Crippen molar-refractivity contribution in [3.05, 3.63) is 63.7 Å². The van der Waals surface area contributed by atoms with Crippen molar-refractivity contribution in [1.29, 1.82) is 0 Å². The van der Waals surface area contributed by atoms with E-state index in [0.29, 0.717) is 17.7 Å². The first-order chi connectivity index (χ1) is 11.5. The summed E-state index contributed by atoms with van der Waals surface area (Å²) in [6.07, 6.45) is 0.384. The summed E-state index contributed by atoms with van der Waals surface area (Å²) in [5.41, 5.74) is 1.28. The molecule has 7 heteroatoms. The van der Waals surface area contributed by atoms with Crippen LogP contribution in [0.15, 0.2) is 42.5 Å². The van der Waals surface area contributed by atoms with E-state index < -0.39 is 11.5 Å². The number of non-ortho nitro benzene ring substituents is 1. The molecule has 0 aliphatic heterocycles. The minimum absolute atomic E-state index is 0.0768. The Morgan fingerprint density at radius 1 is 1.21 bits per heavy atom. The molecule has 0 fully saturated rings. The van der Waals surface area contributed by atoms with E-state index in [0.717, 1.165) is 5.56 Å². The topological polar surface area (TPSA) is 61.6 Å². The summed E-state index contributed by atoms with van der Waals surface area (Å²) in [5, 5.41) is 10.7. The maximum absolute atomic E-state index is 12.1. The van der Waals surface area contributed by atoms with Gasteiger partial charge in [-0.25, -0.2) is 0 Å². The molecule has 5 nitrogen and oxygen atoms in total. The molecule has 0 aliphatic carbocycles. The number of nitro groups is 1. The van der Waals surface area contributed by atoms with Gasteiger partial charge in [-0.2, -0.15) is 8.78 Å². The van der Waals surface area contributed by atoms with Gasteiger partial charge in [-0.3, -0.25) is 10.1 Å². The second-order valence-electron chi connectivity index (χ2n) is 4.64. The van der Waals surface area contributed by atoms with Crippen molar-refractivity contribution in [3.8, 4) is 23.3 Å². The molecule has 2 aromatic rings. The quantitative estimate of drug-likeness (QED) is 0.474. The van der Waals surface area contributed by atoms with Crippen LogP contribution in [0.25, 0.3) is 0 Å². The second-order valence-corrected chi connectivity index (χ2v) is 4.64. The Bertz CT molecular complexity index is 779. The van der Waals surface area contributed by atoms with Crippen molar-refractivity contribution >= 4 is 5.69 Å². The Balaban J connectivity index is 2.09. The fourth-order valence-electron chi connectivity index (χ4n) is 1.93. The summed E-state index contributed by atoms with van der Waals surface area (Å²) >= 11 is 0. The number of rotatable bonds is 5. The molecule has 0 saturated heterocycles. The van der Waals surface area contributed by atoms with Gasteiger partial charge in [-0.05, 0) is 23.8 Å². The Morgan fingerprint density at radius 2 is 1.92 bits per heavy atom. The van der Waals surface area contributed by atoms with Crippen LogP contribution in [0.2, 0.25) is 0 Å². The van der Waals surface area contributed by atoms with E-state index in [1.54, 1.807) is 12.1 Å². The number of nitrogens with zero attached hydrogens (tertiary/aromatic N) is 1. The van der Waals surface area contributed by atoms with Gasteiger partial charge in [0.05, 0.1) is 23.7 Å². The van der Waals surface area contributed by atoms with Crippen LogP contribution in [0.1, 0.15) is 11.1 Å². The smallest absolute Gasteiger partial charge is 0.387 e. The summed E-state index contributed by atoms with van der Waals surface area (Å²) in [4.78, 5) is 10.2. The van der Waals surface area contributed by atoms with Gasteiger partial charge in [0.15, 0.2) is 0 Å². The van der Waals surface area contributed by atoms with Crippen LogP contribution >= 0.6 is 0 Å². The number of methoxy groups -OCH3 is 1. The number of ether oxygens (including phenoxy) is 2. The van der Waals surface area contributed by atoms with Gasteiger partial charge in [0, 0.05) is 12.5 Å². The molecule has 0 radical (unpaired) electrons. The van der Waals surface area contributed by atoms with Crippen LogP contribution in [0.5, 0.6) is 11.5 Å². The van der Waals surface area contributed by atoms with E-state index in [9.17, 15) is 18.9 Å². The average Bonchev–Trinajstić information content (AvgIpc) is 2.56. The molecule has 0 atom stereocenters. The van der Waals surface area contributed by atoms with Crippen molar-refractivity contribution < 1.29 is 23.2 Å². The average molecular weight is 333 g/mol. The molecular weight excluding hydrogens is 320 g/mol.